The molecule has 1 aliphatic rings. The van der Waals surface area contributed by atoms with E-state index in [0.717, 1.165) is 18.4 Å². The summed E-state index contributed by atoms with van der Waals surface area (Å²) in [6, 6.07) is 5.47. The number of nitrogens with one attached hydrogen (secondary N) is 1. The van der Waals surface area contributed by atoms with Crippen LogP contribution in [0.25, 0.3) is 0 Å². The molecule has 5 heteroatoms. The molecule has 92 valence electrons. The van der Waals surface area contributed by atoms with E-state index in [2.05, 4.69) is 5.32 Å². The highest BCUT2D eigenvalue weighted by Crippen LogP contribution is 2.34. The van der Waals surface area contributed by atoms with E-state index in [1.807, 2.05) is 20.0 Å². The molecule has 17 heavy (non-hydrogen) atoms. The minimum Gasteiger partial charge on any atom is -0.483 e. The summed E-state index contributed by atoms with van der Waals surface area (Å²) in [4.78, 5) is 10.5. The summed E-state index contributed by atoms with van der Waals surface area (Å²) < 4.78 is 5.72. The Labute approximate surface area is 99.9 Å². The fourth-order valence-electron chi connectivity index (χ4n) is 2.00. The number of nitro groups is 1. The monoisotopic (exact) mass is 236 g/mol. The van der Waals surface area contributed by atoms with Gasteiger partial charge in [0.25, 0.3) is 0 Å². The molecular formula is C12H16N2O3. The molecule has 0 aliphatic heterocycles. The molecule has 1 N–H and O–H groups in total. The van der Waals surface area contributed by atoms with Gasteiger partial charge in [0.1, 0.15) is 6.10 Å². The first-order valence-corrected chi connectivity index (χ1v) is 5.69. The minimum atomic E-state index is -0.392. The highest BCUT2D eigenvalue weighted by Gasteiger charge is 2.31. The maximum Gasteiger partial charge on any atom is 0.311 e. The van der Waals surface area contributed by atoms with E-state index in [0.29, 0.717) is 11.8 Å². The Morgan fingerprint density at radius 3 is 2.76 bits per heavy atom. The second kappa shape index (κ2) is 4.71. The number of para-hydroxylation sites is 1. The van der Waals surface area contributed by atoms with E-state index in [1.165, 1.54) is 6.07 Å². The Bertz CT molecular complexity index is 428. The van der Waals surface area contributed by atoms with Crippen LogP contribution in [0.15, 0.2) is 18.2 Å². The van der Waals surface area contributed by atoms with Gasteiger partial charge in [-0.05, 0) is 32.4 Å². The maximum atomic E-state index is 10.9. The van der Waals surface area contributed by atoms with Crippen LogP contribution in [0.5, 0.6) is 5.75 Å². The molecule has 0 bridgehead atoms. The molecule has 1 aliphatic carbocycles. The molecule has 0 atom stereocenters. The Hall–Kier alpha value is -1.62. The number of aryl methyl sites for hydroxylation is 1. The van der Waals surface area contributed by atoms with Gasteiger partial charge in [-0.25, -0.2) is 0 Å². The number of rotatable bonds is 4. The largest absolute Gasteiger partial charge is 0.483 e. The molecule has 5 nitrogen and oxygen atoms in total. The lowest BCUT2D eigenvalue weighted by Crippen LogP contribution is -2.45. The van der Waals surface area contributed by atoms with Gasteiger partial charge < -0.3 is 10.1 Å². The average Bonchev–Trinajstić information content (AvgIpc) is 2.24. The van der Waals surface area contributed by atoms with Crippen molar-refractivity contribution in [2.45, 2.75) is 31.9 Å². The van der Waals surface area contributed by atoms with Crippen LogP contribution in [0.4, 0.5) is 5.69 Å². The predicted octanol–water partition coefficient (Wildman–Crippen LogP) is 2.03. The van der Waals surface area contributed by atoms with Crippen molar-refractivity contribution in [3.05, 3.63) is 33.9 Å². The van der Waals surface area contributed by atoms with Crippen LogP contribution in [-0.4, -0.2) is 24.1 Å². The lowest BCUT2D eigenvalue weighted by atomic mass is 9.89. The third-order valence-electron chi connectivity index (χ3n) is 3.18. The molecule has 0 saturated heterocycles. The zero-order valence-corrected chi connectivity index (χ0v) is 9.97. The SMILES string of the molecule is CNC1CC(Oc2c(C)cccc2[N+](=O)[O-])C1. The van der Waals surface area contributed by atoms with E-state index in [9.17, 15) is 10.1 Å². The number of hydrogen-bond acceptors (Lipinski definition) is 4. The van der Waals surface area contributed by atoms with E-state index in [4.69, 9.17) is 4.74 Å². The van der Waals surface area contributed by atoms with Crippen LogP contribution in [-0.2, 0) is 0 Å². The van der Waals surface area contributed by atoms with Crippen LogP contribution in [0, 0.1) is 17.0 Å². The predicted molar refractivity (Wildman–Crippen MR) is 64.3 cm³/mol. The molecular weight excluding hydrogens is 220 g/mol. The molecule has 1 saturated carbocycles. The number of nitro benzene ring substituents is 1. The first-order chi connectivity index (χ1) is 8.11. The van der Waals surface area contributed by atoms with Gasteiger partial charge in [-0.3, -0.25) is 10.1 Å². The highest BCUT2D eigenvalue weighted by molar-refractivity contribution is 5.51. The summed E-state index contributed by atoms with van der Waals surface area (Å²) in [7, 11) is 1.91. The van der Waals surface area contributed by atoms with Crippen LogP contribution in [0.2, 0.25) is 0 Å². The van der Waals surface area contributed by atoms with Crippen molar-refractivity contribution < 1.29 is 9.66 Å². The van der Waals surface area contributed by atoms with E-state index >= 15 is 0 Å². The van der Waals surface area contributed by atoms with Gasteiger partial charge in [-0.2, -0.15) is 0 Å². The van der Waals surface area contributed by atoms with Gasteiger partial charge in [0.05, 0.1) is 4.92 Å². The number of benzene rings is 1. The third kappa shape index (κ3) is 2.39. The Kier molecular flexibility index (Phi) is 3.28. The summed E-state index contributed by atoms with van der Waals surface area (Å²) >= 11 is 0. The first-order valence-electron chi connectivity index (χ1n) is 5.69. The van der Waals surface area contributed by atoms with Crippen molar-refractivity contribution in [2.24, 2.45) is 0 Å². The molecule has 0 aromatic heterocycles. The standard InChI is InChI=1S/C12H16N2O3/c1-8-4-3-5-11(14(15)16)12(8)17-10-6-9(7-10)13-2/h3-5,9-10,13H,6-7H2,1-2H3. The average molecular weight is 236 g/mol. The summed E-state index contributed by atoms with van der Waals surface area (Å²) in [5.74, 6) is 0.414. The van der Waals surface area contributed by atoms with Crippen LogP contribution in [0.3, 0.4) is 0 Å². The second-order valence-corrected chi connectivity index (χ2v) is 4.38. The van der Waals surface area contributed by atoms with Crippen molar-refractivity contribution in [3.8, 4) is 5.75 Å². The van der Waals surface area contributed by atoms with Crippen molar-refractivity contribution in [2.75, 3.05) is 7.05 Å². The van der Waals surface area contributed by atoms with Crippen molar-refractivity contribution >= 4 is 5.69 Å². The normalized spacial score (nSPS) is 22.9. The molecule has 1 aromatic rings. The molecule has 0 heterocycles. The van der Waals surface area contributed by atoms with Gasteiger partial charge >= 0.3 is 5.69 Å². The molecule has 1 fully saturated rings. The zero-order chi connectivity index (χ0) is 12.4. The highest BCUT2D eigenvalue weighted by atomic mass is 16.6. The van der Waals surface area contributed by atoms with Gasteiger partial charge in [0.15, 0.2) is 5.75 Å². The molecule has 1 aromatic carbocycles. The number of nitrogens with zero attached hydrogens (tertiary/aromatic N) is 1. The Morgan fingerprint density at radius 2 is 2.18 bits per heavy atom. The Morgan fingerprint density at radius 1 is 1.47 bits per heavy atom. The summed E-state index contributed by atoms with van der Waals surface area (Å²) in [5.41, 5.74) is 0.866. The fourth-order valence-corrected chi connectivity index (χ4v) is 2.00. The second-order valence-electron chi connectivity index (χ2n) is 4.38. The van der Waals surface area contributed by atoms with Crippen molar-refractivity contribution in [1.82, 2.24) is 5.32 Å². The summed E-state index contributed by atoms with van der Waals surface area (Å²) in [6.45, 7) is 1.83. The summed E-state index contributed by atoms with van der Waals surface area (Å²) in [6.07, 6.45) is 1.90. The summed E-state index contributed by atoms with van der Waals surface area (Å²) in [5, 5.41) is 14.1. The van der Waals surface area contributed by atoms with E-state index in [1.54, 1.807) is 6.07 Å². The molecule has 0 amide bonds. The maximum absolute atomic E-state index is 10.9. The smallest absolute Gasteiger partial charge is 0.311 e. The van der Waals surface area contributed by atoms with Gasteiger partial charge in [0.2, 0.25) is 0 Å². The number of ether oxygens (including phenoxy) is 1. The number of hydrogen-bond donors (Lipinski definition) is 1. The minimum absolute atomic E-state index is 0.0536. The molecule has 2 rings (SSSR count). The van der Waals surface area contributed by atoms with Crippen molar-refractivity contribution in [3.63, 3.8) is 0 Å². The fraction of sp³-hybridized carbons (Fsp3) is 0.500. The zero-order valence-electron chi connectivity index (χ0n) is 9.97. The first kappa shape index (κ1) is 11.9. The van der Waals surface area contributed by atoms with Gasteiger partial charge in [-0.15, -0.1) is 0 Å². The van der Waals surface area contributed by atoms with Crippen molar-refractivity contribution in [1.29, 1.82) is 0 Å². The Balaban J connectivity index is 2.12. The van der Waals surface area contributed by atoms with Crippen LogP contribution < -0.4 is 10.1 Å². The molecule has 0 spiro atoms. The third-order valence-corrected chi connectivity index (χ3v) is 3.18. The molecule has 0 radical (unpaired) electrons. The lowest BCUT2D eigenvalue weighted by Gasteiger charge is -2.35. The quantitative estimate of drug-likeness (QED) is 0.641. The van der Waals surface area contributed by atoms with Crippen LogP contribution >= 0.6 is 0 Å². The molecule has 0 unspecified atom stereocenters. The van der Waals surface area contributed by atoms with E-state index in [-0.39, 0.29) is 11.8 Å². The van der Waals surface area contributed by atoms with Gasteiger partial charge in [-0.1, -0.05) is 12.1 Å². The van der Waals surface area contributed by atoms with Gasteiger partial charge in [0, 0.05) is 12.1 Å². The topological polar surface area (TPSA) is 64.4 Å². The van der Waals surface area contributed by atoms with Crippen LogP contribution in [0.1, 0.15) is 18.4 Å². The lowest BCUT2D eigenvalue weighted by molar-refractivity contribution is -0.386. The van der Waals surface area contributed by atoms with E-state index < -0.39 is 4.92 Å².